The average molecular weight is 927 g/mol. The highest BCUT2D eigenvalue weighted by molar-refractivity contribution is 8.15. The van der Waals surface area contributed by atoms with E-state index in [1.54, 1.807) is 14.1 Å². The minimum atomic E-state index is -0.467. The van der Waals surface area contributed by atoms with E-state index in [1.807, 2.05) is 88.5 Å². The third-order valence-corrected chi connectivity index (χ3v) is 12.9. The third-order valence-electron chi connectivity index (χ3n) is 11.0. The van der Waals surface area contributed by atoms with Crippen molar-refractivity contribution in [1.29, 1.82) is 10.8 Å². The zero-order chi connectivity index (χ0) is 47.4. The Kier molecular flexibility index (Phi) is 17.3. The first-order chi connectivity index (χ1) is 30.8. The lowest BCUT2D eigenvalue weighted by Crippen LogP contribution is -2.42. The standard InChI is InChI=1S/C24H27NO5S.C19H20N2O3S.C4H11N5/c1-13-14(2)21-18(15(3)20(13)26)9-10-24(4,30-21)12-29-17-7-5-16(6-8-17)11-19-22(27)25-23(28)31-19;1-2-13-3-6-15(20-12-13)9-10-24-16-7-4-14(5-8-16)11-17-18(22)21-19(23)25-17;1-9(2)4(7)8-3(5)6/h5-8,19,26H,9-12H2,1-4H3,(H,25,27,28);3-8,12,17H,2,9-11H2,1H3,(H,21,22,23);1-2H3,(H5,5,6,7,8). The van der Waals surface area contributed by atoms with Crippen LogP contribution in [0.4, 0.5) is 9.59 Å². The molecule has 0 radical (unpaired) electrons. The molecule has 3 unspecified atom stereocenters. The van der Waals surface area contributed by atoms with E-state index >= 15 is 0 Å². The SMILES string of the molecule is CCc1ccc(CCOc2ccc(CC3SC(=O)NC3=O)cc2)nc1.CN(C)C(=N)NC(=N)N.Cc1c(C)c2c(c(C)c1O)CCC(C)(COc1ccc(CC3SC(=O)NC3=O)cc1)O2. The maximum absolute atomic E-state index is 11.7. The quantitative estimate of drug-likeness (QED) is 0.0593. The largest absolute Gasteiger partial charge is 0.507 e. The summed E-state index contributed by atoms with van der Waals surface area (Å²) >= 11 is 2.09. The van der Waals surface area contributed by atoms with Crippen LogP contribution in [0.5, 0.6) is 23.0 Å². The number of amides is 4. The highest BCUT2D eigenvalue weighted by Crippen LogP contribution is 2.43. The molecular formula is C47H58N8O8S2. The van der Waals surface area contributed by atoms with Gasteiger partial charge in [-0.2, -0.15) is 0 Å². The van der Waals surface area contributed by atoms with Crippen LogP contribution in [-0.4, -0.2) is 92.6 Å². The number of ether oxygens (including phenoxy) is 3. The van der Waals surface area contributed by atoms with Gasteiger partial charge in [0.1, 0.15) is 35.2 Å². The second-order valence-corrected chi connectivity index (χ2v) is 18.6. The van der Waals surface area contributed by atoms with Crippen LogP contribution < -0.4 is 35.9 Å². The number of thioether (sulfide) groups is 2. The van der Waals surface area contributed by atoms with E-state index in [-0.39, 0.29) is 44.7 Å². The lowest BCUT2D eigenvalue weighted by Gasteiger charge is -2.37. The molecule has 0 aliphatic carbocycles. The number of pyridine rings is 1. The number of aromatic hydroxyl groups is 1. The molecule has 3 atom stereocenters. The number of carbonyl (C=O) groups excluding carboxylic acids is 4. The molecule has 4 heterocycles. The van der Waals surface area contributed by atoms with Crippen molar-refractivity contribution in [3.63, 3.8) is 0 Å². The molecule has 2 fully saturated rings. The number of hydrogen-bond acceptors (Lipinski definition) is 13. The Morgan fingerprint density at radius 2 is 1.40 bits per heavy atom. The van der Waals surface area contributed by atoms with Crippen molar-refractivity contribution in [3.05, 3.63) is 111 Å². The van der Waals surface area contributed by atoms with Crippen molar-refractivity contribution in [2.45, 2.75) is 89.2 Å². The Bertz CT molecular complexity index is 2380. The van der Waals surface area contributed by atoms with E-state index in [0.717, 1.165) is 106 Å². The van der Waals surface area contributed by atoms with Crippen molar-refractivity contribution in [1.82, 2.24) is 25.8 Å². The van der Waals surface area contributed by atoms with Gasteiger partial charge in [0.15, 0.2) is 11.9 Å². The Morgan fingerprint density at radius 3 is 1.85 bits per heavy atom. The first-order valence-electron chi connectivity index (χ1n) is 21.1. The van der Waals surface area contributed by atoms with E-state index in [4.69, 9.17) is 30.8 Å². The smallest absolute Gasteiger partial charge is 0.286 e. The molecule has 0 spiro atoms. The molecule has 3 aliphatic heterocycles. The van der Waals surface area contributed by atoms with Gasteiger partial charge in [0.05, 0.1) is 17.1 Å². The van der Waals surface area contributed by atoms with Gasteiger partial charge in [-0.1, -0.05) is 60.8 Å². The summed E-state index contributed by atoms with van der Waals surface area (Å²) in [6.07, 6.45) is 6.32. The molecular weight excluding hydrogens is 869 g/mol. The molecule has 16 nitrogen and oxygen atoms in total. The number of aryl methyl sites for hydroxylation is 1. The first kappa shape index (κ1) is 49.7. The summed E-state index contributed by atoms with van der Waals surface area (Å²) in [5, 5.41) is 29.8. The van der Waals surface area contributed by atoms with E-state index in [9.17, 15) is 24.3 Å². The van der Waals surface area contributed by atoms with Gasteiger partial charge < -0.3 is 30.0 Å². The summed E-state index contributed by atoms with van der Waals surface area (Å²) in [5.74, 6) is 2.20. The summed E-state index contributed by atoms with van der Waals surface area (Å²) < 4.78 is 18.2. The fraction of sp³-hybridized carbons (Fsp3) is 0.383. The number of carbonyl (C=O) groups is 4. The summed E-state index contributed by atoms with van der Waals surface area (Å²) in [7, 11) is 3.39. The number of nitrogens with two attached hydrogens (primary N) is 1. The summed E-state index contributed by atoms with van der Waals surface area (Å²) in [6.45, 7) is 11.0. The number of phenols is 1. The van der Waals surface area contributed by atoms with Crippen LogP contribution in [0, 0.1) is 31.6 Å². The molecule has 7 rings (SSSR count). The number of rotatable bonds is 12. The molecule has 0 saturated carbocycles. The second kappa shape index (κ2) is 22.6. The van der Waals surface area contributed by atoms with Crippen LogP contribution in [0.1, 0.15) is 64.9 Å². The number of guanidine groups is 2. The van der Waals surface area contributed by atoms with Crippen LogP contribution in [0.25, 0.3) is 0 Å². The van der Waals surface area contributed by atoms with E-state index in [0.29, 0.717) is 31.8 Å². The molecule has 8 N–H and O–H groups in total. The summed E-state index contributed by atoms with van der Waals surface area (Å²) in [6, 6.07) is 19.4. The third kappa shape index (κ3) is 14.1. The van der Waals surface area contributed by atoms with Gasteiger partial charge in [-0.3, -0.25) is 50.9 Å². The highest BCUT2D eigenvalue weighted by Gasteiger charge is 2.36. The molecule has 0 bridgehead atoms. The first-order valence-corrected chi connectivity index (χ1v) is 22.9. The maximum atomic E-state index is 11.7. The van der Waals surface area contributed by atoms with Crippen molar-refractivity contribution >= 4 is 57.7 Å². The van der Waals surface area contributed by atoms with Gasteiger partial charge >= 0.3 is 0 Å². The minimum Gasteiger partial charge on any atom is -0.507 e. The van der Waals surface area contributed by atoms with Gasteiger partial charge in [0, 0.05) is 38.0 Å². The second-order valence-electron chi connectivity index (χ2n) is 16.2. The molecule has 65 heavy (non-hydrogen) atoms. The van der Waals surface area contributed by atoms with Crippen LogP contribution in [0.3, 0.4) is 0 Å². The molecule has 3 aromatic carbocycles. The topological polar surface area (TPSA) is 242 Å². The fourth-order valence-electron chi connectivity index (χ4n) is 6.88. The van der Waals surface area contributed by atoms with Crippen LogP contribution in [0.2, 0.25) is 0 Å². The van der Waals surface area contributed by atoms with E-state index < -0.39 is 5.60 Å². The zero-order valence-electron chi connectivity index (χ0n) is 37.8. The number of hydrogen-bond donors (Lipinski definition) is 7. The van der Waals surface area contributed by atoms with Gasteiger partial charge in [-0.25, -0.2) is 0 Å². The molecule has 4 amide bonds. The van der Waals surface area contributed by atoms with Crippen molar-refractivity contribution < 1.29 is 38.5 Å². The Labute approximate surface area is 388 Å². The number of benzene rings is 3. The molecule has 18 heteroatoms. The maximum Gasteiger partial charge on any atom is 0.286 e. The highest BCUT2D eigenvalue weighted by atomic mass is 32.2. The number of nitrogens with one attached hydrogen (secondary N) is 5. The number of imide groups is 2. The van der Waals surface area contributed by atoms with Crippen molar-refractivity contribution in [2.75, 3.05) is 27.3 Å². The van der Waals surface area contributed by atoms with Gasteiger partial charge in [0.2, 0.25) is 11.8 Å². The number of phenolic OH excluding ortho intramolecular Hbond substituents is 1. The monoisotopic (exact) mass is 926 g/mol. The van der Waals surface area contributed by atoms with Gasteiger partial charge in [-0.15, -0.1) is 0 Å². The Balaban J connectivity index is 0.000000209. The lowest BCUT2D eigenvalue weighted by molar-refractivity contribution is -0.119. The lowest BCUT2D eigenvalue weighted by atomic mass is 9.87. The average Bonchev–Trinajstić information content (AvgIpc) is 3.78. The molecule has 1 aromatic heterocycles. The molecule has 2 saturated heterocycles. The summed E-state index contributed by atoms with van der Waals surface area (Å²) in [5.41, 5.74) is 12.5. The zero-order valence-corrected chi connectivity index (χ0v) is 39.4. The molecule has 3 aliphatic rings. The number of nitrogens with zero attached hydrogens (tertiary/aromatic N) is 2. The Hall–Kier alpha value is -6.27. The number of fused-ring (bicyclic) bond motifs is 1. The van der Waals surface area contributed by atoms with E-state index in [1.165, 1.54) is 10.5 Å². The number of aromatic nitrogens is 1. The van der Waals surface area contributed by atoms with Crippen LogP contribution in [0.15, 0.2) is 66.9 Å². The van der Waals surface area contributed by atoms with Gasteiger partial charge in [0.25, 0.3) is 10.5 Å². The molecule has 4 aromatic rings. The summed E-state index contributed by atoms with van der Waals surface area (Å²) in [4.78, 5) is 51.8. The normalized spacial score (nSPS) is 18.4. The molecule has 346 valence electrons. The van der Waals surface area contributed by atoms with E-state index in [2.05, 4.69) is 33.9 Å². The predicted molar refractivity (Wildman–Crippen MR) is 255 cm³/mol. The predicted octanol–water partition coefficient (Wildman–Crippen LogP) is 6.50. The van der Waals surface area contributed by atoms with Crippen LogP contribution in [-0.2, 0) is 41.7 Å². The van der Waals surface area contributed by atoms with Crippen molar-refractivity contribution in [2.24, 2.45) is 5.73 Å². The fourth-order valence-corrected chi connectivity index (χ4v) is 8.60. The van der Waals surface area contributed by atoms with Crippen molar-refractivity contribution in [3.8, 4) is 23.0 Å². The van der Waals surface area contributed by atoms with Gasteiger partial charge in [-0.05, 0) is 124 Å². The minimum absolute atomic E-state index is 0.113. The van der Waals surface area contributed by atoms with Crippen LogP contribution >= 0.6 is 23.5 Å². The Morgan fingerprint density at radius 1 is 0.862 bits per heavy atom.